The predicted molar refractivity (Wildman–Crippen MR) is 135 cm³/mol. The Morgan fingerprint density at radius 3 is 2.34 bits per heavy atom. The molecule has 180 valence electrons. The fraction of sp³-hybridized carbons (Fsp3) is 0.231. The predicted octanol–water partition coefficient (Wildman–Crippen LogP) is 4.89. The summed E-state index contributed by atoms with van der Waals surface area (Å²) in [5, 5.41) is 18.3. The van der Waals surface area contributed by atoms with Crippen LogP contribution in [0.2, 0.25) is 5.02 Å². The van der Waals surface area contributed by atoms with Crippen molar-refractivity contribution in [1.29, 1.82) is 0 Å². The molecule has 0 saturated carbocycles. The number of nitro groups is 1. The first kappa shape index (κ1) is 24.2. The molecule has 0 radical (unpaired) electrons. The van der Waals surface area contributed by atoms with Crippen LogP contribution in [0.1, 0.15) is 39.1 Å². The number of hydrogen-bond donors (Lipinski definition) is 2. The van der Waals surface area contributed by atoms with Gasteiger partial charge < -0.3 is 15.5 Å². The normalized spacial score (nSPS) is 13.8. The van der Waals surface area contributed by atoms with Gasteiger partial charge in [-0.3, -0.25) is 19.7 Å². The number of rotatable bonds is 7. The van der Waals surface area contributed by atoms with Gasteiger partial charge in [0.25, 0.3) is 17.5 Å². The lowest BCUT2D eigenvalue weighted by molar-refractivity contribution is -0.384. The van der Waals surface area contributed by atoms with Gasteiger partial charge in [-0.15, -0.1) is 0 Å². The maximum atomic E-state index is 13.0. The lowest BCUT2D eigenvalue weighted by Gasteiger charge is -2.32. The number of anilines is 1. The van der Waals surface area contributed by atoms with Crippen molar-refractivity contribution in [1.82, 2.24) is 10.2 Å². The van der Waals surface area contributed by atoms with Crippen LogP contribution < -0.4 is 10.6 Å². The van der Waals surface area contributed by atoms with E-state index in [9.17, 15) is 19.7 Å². The van der Waals surface area contributed by atoms with Crippen LogP contribution in [-0.4, -0.2) is 40.8 Å². The number of carbonyl (C=O) groups is 2. The summed E-state index contributed by atoms with van der Waals surface area (Å²) in [5.41, 5.74) is 1.81. The number of nitro benzene ring substituents is 1. The number of carbonyl (C=O) groups excluding carboxylic acids is 2. The van der Waals surface area contributed by atoms with Crippen LogP contribution in [0, 0.1) is 10.1 Å². The van der Waals surface area contributed by atoms with E-state index < -0.39 is 4.92 Å². The quantitative estimate of drug-likeness (QED) is 0.360. The van der Waals surface area contributed by atoms with Gasteiger partial charge >= 0.3 is 0 Å². The van der Waals surface area contributed by atoms with E-state index in [1.807, 2.05) is 36.4 Å². The molecule has 2 amide bonds. The molecule has 0 spiro atoms. The van der Waals surface area contributed by atoms with Crippen LogP contribution in [0.3, 0.4) is 0 Å². The summed E-state index contributed by atoms with van der Waals surface area (Å²) in [6.45, 7) is 1.23. The summed E-state index contributed by atoms with van der Waals surface area (Å²) in [5.74, 6) is -0.399. The van der Waals surface area contributed by atoms with Crippen molar-refractivity contribution in [2.45, 2.75) is 25.4 Å². The number of hydrogen-bond acceptors (Lipinski definition) is 5. The molecule has 0 atom stereocenters. The Bertz CT molecular complexity index is 1230. The van der Waals surface area contributed by atoms with Gasteiger partial charge in [0.15, 0.2) is 0 Å². The van der Waals surface area contributed by atoms with Crippen LogP contribution >= 0.6 is 11.6 Å². The zero-order valence-electron chi connectivity index (χ0n) is 18.9. The van der Waals surface area contributed by atoms with E-state index in [-0.39, 0.29) is 29.1 Å². The monoisotopic (exact) mass is 492 g/mol. The number of halogens is 1. The number of piperidine rings is 1. The van der Waals surface area contributed by atoms with Crippen molar-refractivity contribution in [2.24, 2.45) is 0 Å². The van der Waals surface area contributed by atoms with Crippen LogP contribution in [0.25, 0.3) is 0 Å². The fourth-order valence-corrected chi connectivity index (χ4v) is 4.27. The molecule has 3 aromatic rings. The van der Waals surface area contributed by atoms with Crippen molar-refractivity contribution < 1.29 is 14.5 Å². The molecule has 9 heteroatoms. The highest BCUT2D eigenvalue weighted by atomic mass is 35.5. The van der Waals surface area contributed by atoms with Crippen molar-refractivity contribution >= 4 is 34.8 Å². The largest absolute Gasteiger partial charge is 0.375 e. The molecule has 0 bridgehead atoms. The first-order valence-electron chi connectivity index (χ1n) is 11.3. The molecule has 3 aromatic carbocycles. The maximum absolute atomic E-state index is 13.0. The van der Waals surface area contributed by atoms with Gasteiger partial charge in [-0.25, -0.2) is 0 Å². The van der Waals surface area contributed by atoms with E-state index in [0.717, 1.165) is 5.56 Å². The van der Waals surface area contributed by atoms with Gasteiger partial charge in [0, 0.05) is 47.9 Å². The van der Waals surface area contributed by atoms with E-state index in [0.29, 0.717) is 48.7 Å². The number of amides is 2. The van der Waals surface area contributed by atoms with Gasteiger partial charge in [-0.2, -0.15) is 0 Å². The summed E-state index contributed by atoms with van der Waals surface area (Å²) < 4.78 is 0. The number of likely N-dealkylation sites (tertiary alicyclic amines) is 1. The Kier molecular flexibility index (Phi) is 7.62. The Hall–Kier alpha value is -3.91. The van der Waals surface area contributed by atoms with Crippen molar-refractivity contribution in [2.75, 3.05) is 18.4 Å². The summed E-state index contributed by atoms with van der Waals surface area (Å²) in [6.07, 6.45) is 1.23. The lowest BCUT2D eigenvalue weighted by Crippen LogP contribution is -2.46. The van der Waals surface area contributed by atoms with Gasteiger partial charge in [0.05, 0.1) is 4.92 Å². The van der Waals surface area contributed by atoms with Gasteiger partial charge in [-0.1, -0.05) is 48.0 Å². The van der Waals surface area contributed by atoms with Gasteiger partial charge in [-0.05, 0) is 48.7 Å². The van der Waals surface area contributed by atoms with Crippen molar-refractivity contribution in [3.05, 3.63) is 105 Å². The highest BCUT2D eigenvalue weighted by Gasteiger charge is 2.26. The molecular formula is C26H25ClN4O4. The Labute approximate surface area is 208 Å². The second-order valence-corrected chi connectivity index (χ2v) is 8.75. The molecule has 1 saturated heterocycles. The fourth-order valence-electron chi connectivity index (χ4n) is 4.07. The summed E-state index contributed by atoms with van der Waals surface area (Å²) >= 11 is 6.17. The minimum Gasteiger partial charge on any atom is -0.375 e. The number of nitrogens with one attached hydrogen (secondary N) is 2. The molecule has 0 aliphatic carbocycles. The molecule has 4 rings (SSSR count). The molecule has 8 nitrogen and oxygen atoms in total. The minimum absolute atomic E-state index is 0.0301. The third-order valence-electron chi connectivity index (χ3n) is 6.02. The number of nitrogens with zero attached hydrogens (tertiary/aromatic N) is 2. The maximum Gasteiger partial charge on any atom is 0.293 e. The van der Waals surface area contributed by atoms with Crippen molar-refractivity contribution in [3.8, 4) is 0 Å². The summed E-state index contributed by atoms with van der Waals surface area (Å²) in [4.78, 5) is 38.3. The zero-order valence-corrected chi connectivity index (χ0v) is 19.7. The van der Waals surface area contributed by atoms with E-state index in [1.54, 1.807) is 35.2 Å². The average Bonchev–Trinajstić information content (AvgIpc) is 2.88. The number of benzene rings is 3. The summed E-state index contributed by atoms with van der Waals surface area (Å²) in [6, 6.07) is 20.7. The molecule has 1 fully saturated rings. The molecule has 2 N–H and O–H groups in total. The minimum atomic E-state index is -0.503. The van der Waals surface area contributed by atoms with Crippen LogP contribution in [0.15, 0.2) is 72.8 Å². The second-order valence-electron chi connectivity index (χ2n) is 8.34. The Balaban J connectivity index is 1.37. The first-order chi connectivity index (χ1) is 16.9. The first-order valence-corrected chi connectivity index (χ1v) is 11.7. The molecule has 35 heavy (non-hydrogen) atoms. The SMILES string of the molecule is O=C(NC1CCN(C(=O)c2ccc(NCc3ccccc3Cl)c([N+](=O)[O-])c2)CC1)c1ccccc1. The third kappa shape index (κ3) is 5.96. The molecule has 0 unspecified atom stereocenters. The van der Waals surface area contributed by atoms with E-state index in [4.69, 9.17) is 11.6 Å². The smallest absolute Gasteiger partial charge is 0.293 e. The highest BCUT2D eigenvalue weighted by molar-refractivity contribution is 6.31. The molecular weight excluding hydrogens is 468 g/mol. The van der Waals surface area contributed by atoms with Crippen LogP contribution in [0.4, 0.5) is 11.4 Å². The Morgan fingerprint density at radius 1 is 0.971 bits per heavy atom. The van der Waals surface area contributed by atoms with Crippen LogP contribution in [-0.2, 0) is 6.54 Å². The standard InChI is InChI=1S/C26H25ClN4O4/c27-22-9-5-4-8-20(22)17-28-23-11-10-19(16-24(23)31(34)35)26(33)30-14-12-21(13-15-30)29-25(32)18-6-2-1-3-7-18/h1-11,16,21,28H,12-15,17H2,(H,29,32). The molecule has 1 aliphatic rings. The Morgan fingerprint density at radius 2 is 1.66 bits per heavy atom. The van der Waals surface area contributed by atoms with E-state index in [2.05, 4.69) is 10.6 Å². The zero-order chi connectivity index (χ0) is 24.8. The topological polar surface area (TPSA) is 105 Å². The van der Waals surface area contributed by atoms with Crippen LogP contribution in [0.5, 0.6) is 0 Å². The highest BCUT2D eigenvalue weighted by Crippen LogP contribution is 2.28. The molecule has 1 aliphatic heterocycles. The second kappa shape index (κ2) is 11.0. The molecule has 0 aromatic heterocycles. The van der Waals surface area contributed by atoms with E-state index >= 15 is 0 Å². The van der Waals surface area contributed by atoms with E-state index in [1.165, 1.54) is 6.07 Å². The lowest BCUT2D eigenvalue weighted by atomic mass is 10.0. The molecule has 1 heterocycles. The van der Waals surface area contributed by atoms with Crippen molar-refractivity contribution in [3.63, 3.8) is 0 Å². The van der Waals surface area contributed by atoms with Gasteiger partial charge in [0.1, 0.15) is 5.69 Å². The average molecular weight is 493 g/mol. The summed E-state index contributed by atoms with van der Waals surface area (Å²) in [7, 11) is 0. The third-order valence-corrected chi connectivity index (χ3v) is 6.39. The van der Waals surface area contributed by atoms with Gasteiger partial charge in [0.2, 0.25) is 0 Å².